The fourth-order valence-electron chi connectivity index (χ4n) is 1.54. The van der Waals surface area contributed by atoms with Gasteiger partial charge in [0, 0.05) is 6.42 Å². The molecule has 0 aromatic heterocycles. The Hall–Kier alpha value is -1.64. The molecule has 1 aromatic rings. The van der Waals surface area contributed by atoms with Crippen molar-refractivity contribution in [3.63, 3.8) is 0 Å². The predicted molar refractivity (Wildman–Crippen MR) is 61.0 cm³/mol. The first-order valence-electron chi connectivity index (χ1n) is 5.42. The van der Waals surface area contributed by atoms with Crippen LogP contribution in [-0.2, 0) is 20.7 Å². The van der Waals surface area contributed by atoms with Crippen LogP contribution in [0.3, 0.4) is 0 Å². The lowest BCUT2D eigenvalue weighted by Crippen LogP contribution is -2.20. The lowest BCUT2D eigenvalue weighted by atomic mass is 9.97. The van der Waals surface area contributed by atoms with E-state index in [-0.39, 0.29) is 18.3 Å². The molecule has 0 aliphatic carbocycles. The molecule has 0 bridgehead atoms. The van der Waals surface area contributed by atoms with E-state index in [4.69, 9.17) is 4.74 Å². The zero-order chi connectivity index (χ0) is 11.8. The first kappa shape index (κ1) is 12.4. The molecule has 1 rings (SSSR count). The minimum atomic E-state index is -0.361. The third kappa shape index (κ3) is 3.85. The summed E-state index contributed by atoms with van der Waals surface area (Å²) in [5.41, 5.74) is 1.04. The Morgan fingerprint density at radius 3 is 2.62 bits per heavy atom. The average Bonchev–Trinajstić information content (AvgIpc) is 2.30. The highest BCUT2D eigenvalue weighted by atomic mass is 16.5. The van der Waals surface area contributed by atoms with E-state index in [1.807, 2.05) is 30.3 Å². The lowest BCUT2D eigenvalue weighted by Gasteiger charge is -2.12. The maximum absolute atomic E-state index is 11.6. The highest BCUT2D eigenvalue weighted by molar-refractivity contribution is 5.75. The third-order valence-electron chi connectivity index (χ3n) is 2.33. The molecule has 0 amide bonds. The Balaban J connectivity index is 2.64. The number of benzene rings is 1. The molecule has 0 aliphatic rings. The third-order valence-corrected chi connectivity index (χ3v) is 2.33. The van der Waals surface area contributed by atoms with Gasteiger partial charge in [0.1, 0.15) is 6.29 Å². The highest BCUT2D eigenvalue weighted by Crippen LogP contribution is 2.13. The fourth-order valence-corrected chi connectivity index (χ4v) is 1.54. The van der Waals surface area contributed by atoms with Crippen molar-refractivity contribution in [1.82, 2.24) is 0 Å². The standard InChI is InChI=1S/C13H16O3/c1-2-16-13(15)12(8-9-14)10-11-6-4-3-5-7-11/h3-7,9,12H,2,8,10H2,1H3. The Morgan fingerprint density at radius 1 is 1.38 bits per heavy atom. The van der Waals surface area contributed by atoms with E-state index < -0.39 is 0 Å². The number of esters is 1. The monoisotopic (exact) mass is 220 g/mol. The van der Waals surface area contributed by atoms with Crippen LogP contribution in [0.4, 0.5) is 0 Å². The van der Waals surface area contributed by atoms with Crippen molar-refractivity contribution >= 4 is 12.3 Å². The largest absolute Gasteiger partial charge is 0.466 e. The Morgan fingerprint density at radius 2 is 2.06 bits per heavy atom. The maximum atomic E-state index is 11.6. The predicted octanol–water partition coefficient (Wildman–Crippen LogP) is 2.00. The number of hydrogen-bond donors (Lipinski definition) is 0. The minimum Gasteiger partial charge on any atom is -0.466 e. The molecule has 3 heteroatoms. The van der Waals surface area contributed by atoms with E-state index >= 15 is 0 Å². The van der Waals surface area contributed by atoms with Gasteiger partial charge in [0.05, 0.1) is 12.5 Å². The number of carbonyl (C=O) groups is 2. The van der Waals surface area contributed by atoms with Crippen LogP contribution in [-0.4, -0.2) is 18.9 Å². The van der Waals surface area contributed by atoms with Gasteiger partial charge >= 0.3 is 5.97 Å². The van der Waals surface area contributed by atoms with Gasteiger partial charge in [-0.2, -0.15) is 0 Å². The molecule has 0 aliphatic heterocycles. The van der Waals surface area contributed by atoms with Crippen molar-refractivity contribution in [3.8, 4) is 0 Å². The van der Waals surface area contributed by atoms with Crippen LogP contribution in [0.2, 0.25) is 0 Å². The number of rotatable bonds is 6. The Labute approximate surface area is 95.4 Å². The van der Waals surface area contributed by atoms with Crippen molar-refractivity contribution in [2.75, 3.05) is 6.61 Å². The highest BCUT2D eigenvalue weighted by Gasteiger charge is 2.19. The zero-order valence-electron chi connectivity index (χ0n) is 9.39. The maximum Gasteiger partial charge on any atom is 0.309 e. The number of hydrogen-bond acceptors (Lipinski definition) is 3. The molecule has 86 valence electrons. The first-order valence-corrected chi connectivity index (χ1v) is 5.42. The van der Waals surface area contributed by atoms with Gasteiger partial charge in [-0.1, -0.05) is 30.3 Å². The van der Waals surface area contributed by atoms with E-state index in [2.05, 4.69) is 0 Å². The molecule has 1 atom stereocenters. The lowest BCUT2D eigenvalue weighted by molar-refractivity contribution is -0.148. The van der Waals surface area contributed by atoms with Gasteiger partial charge in [-0.25, -0.2) is 0 Å². The van der Waals surface area contributed by atoms with Crippen LogP contribution in [0.5, 0.6) is 0 Å². The molecule has 0 saturated heterocycles. The molecule has 0 fully saturated rings. The van der Waals surface area contributed by atoms with Gasteiger partial charge in [-0.3, -0.25) is 4.79 Å². The smallest absolute Gasteiger partial charge is 0.309 e. The van der Waals surface area contributed by atoms with Crippen molar-refractivity contribution < 1.29 is 14.3 Å². The van der Waals surface area contributed by atoms with Gasteiger partial charge in [-0.15, -0.1) is 0 Å². The molecular formula is C13H16O3. The summed E-state index contributed by atoms with van der Waals surface area (Å²) in [6.45, 7) is 2.11. The van der Waals surface area contributed by atoms with Crippen LogP contribution in [0, 0.1) is 5.92 Å². The van der Waals surface area contributed by atoms with Gasteiger partial charge in [-0.05, 0) is 18.9 Å². The number of carbonyl (C=O) groups excluding carboxylic acids is 2. The minimum absolute atomic E-state index is 0.216. The van der Waals surface area contributed by atoms with Crippen LogP contribution < -0.4 is 0 Å². The van der Waals surface area contributed by atoms with Crippen molar-refractivity contribution in [2.45, 2.75) is 19.8 Å². The van der Waals surface area contributed by atoms with Crippen LogP contribution >= 0.6 is 0 Å². The summed E-state index contributed by atoms with van der Waals surface area (Å²) in [7, 11) is 0. The molecule has 0 heterocycles. The van der Waals surface area contributed by atoms with E-state index in [1.54, 1.807) is 6.92 Å². The molecule has 0 radical (unpaired) electrons. The summed E-state index contributed by atoms with van der Waals surface area (Å²) >= 11 is 0. The number of aldehydes is 1. The van der Waals surface area contributed by atoms with Gasteiger partial charge < -0.3 is 9.53 Å². The quantitative estimate of drug-likeness (QED) is 0.544. The summed E-state index contributed by atoms with van der Waals surface area (Å²) in [4.78, 5) is 22.1. The van der Waals surface area contributed by atoms with Crippen molar-refractivity contribution in [1.29, 1.82) is 0 Å². The average molecular weight is 220 g/mol. The van der Waals surface area contributed by atoms with Gasteiger partial charge in [0.15, 0.2) is 0 Å². The second kappa shape index (κ2) is 6.77. The molecule has 3 nitrogen and oxygen atoms in total. The molecule has 0 spiro atoms. The van der Waals surface area contributed by atoms with E-state index in [1.165, 1.54) is 0 Å². The second-order valence-corrected chi connectivity index (χ2v) is 3.54. The van der Waals surface area contributed by atoms with E-state index in [0.29, 0.717) is 13.0 Å². The molecule has 0 N–H and O–H groups in total. The zero-order valence-corrected chi connectivity index (χ0v) is 9.39. The van der Waals surface area contributed by atoms with Crippen molar-refractivity contribution in [3.05, 3.63) is 35.9 Å². The first-order chi connectivity index (χ1) is 7.77. The molecule has 1 aromatic carbocycles. The van der Waals surface area contributed by atoms with Crippen LogP contribution in [0.15, 0.2) is 30.3 Å². The summed E-state index contributed by atoms with van der Waals surface area (Å²) < 4.78 is 4.93. The topological polar surface area (TPSA) is 43.4 Å². The molecule has 0 saturated carbocycles. The summed E-state index contributed by atoms with van der Waals surface area (Å²) in [6.07, 6.45) is 1.54. The van der Waals surface area contributed by atoms with Crippen molar-refractivity contribution in [2.24, 2.45) is 5.92 Å². The fraction of sp³-hybridized carbons (Fsp3) is 0.385. The summed E-state index contributed by atoms with van der Waals surface area (Å²) in [5.74, 6) is -0.654. The Kier molecular flexibility index (Phi) is 5.26. The SMILES string of the molecule is CCOC(=O)C(CC=O)Cc1ccccc1. The number of ether oxygens (including phenoxy) is 1. The molecule has 1 unspecified atom stereocenters. The van der Waals surface area contributed by atoms with Gasteiger partial charge in [0.2, 0.25) is 0 Å². The summed E-state index contributed by atoms with van der Waals surface area (Å²) in [5, 5.41) is 0. The molecule has 16 heavy (non-hydrogen) atoms. The molecular weight excluding hydrogens is 204 g/mol. The van der Waals surface area contributed by atoms with Gasteiger partial charge in [0.25, 0.3) is 0 Å². The normalized spacial score (nSPS) is 11.8. The van der Waals surface area contributed by atoms with E-state index in [9.17, 15) is 9.59 Å². The Bertz CT molecular complexity index is 332. The van der Waals surface area contributed by atoms with E-state index in [0.717, 1.165) is 11.8 Å². The summed E-state index contributed by atoms with van der Waals surface area (Å²) in [6, 6.07) is 9.63. The second-order valence-electron chi connectivity index (χ2n) is 3.54. The van der Waals surface area contributed by atoms with Crippen LogP contribution in [0.1, 0.15) is 18.9 Å². The van der Waals surface area contributed by atoms with Crippen LogP contribution in [0.25, 0.3) is 0 Å².